The van der Waals surface area contributed by atoms with Gasteiger partial charge in [-0.2, -0.15) is 0 Å². The van der Waals surface area contributed by atoms with Gasteiger partial charge in [0.1, 0.15) is 10.7 Å². The Morgan fingerprint density at radius 1 is 1.30 bits per heavy atom. The summed E-state index contributed by atoms with van der Waals surface area (Å²) in [4.78, 5) is 10.1. The fourth-order valence-electron chi connectivity index (χ4n) is 1.87. The molecule has 1 unspecified atom stereocenters. The maximum Gasteiger partial charge on any atom is 0.433 e. The molecule has 0 radical (unpaired) electrons. The number of furan rings is 1. The Labute approximate surface area is 125 Å². The fourth-order valence-corrected chi connectivity index (χ4v) is 2.18. The number of benzene rings is 1. The lowest BCUT2D eigenvalue weighted by molar-refractivity contribution is -0.402. The average Bonchev–Trinajstić information content (AvgIpc) is 2.89. The molecular weight excluding hydrogens is 303 g/mol. The summed E-state index contributed by atoms with van der Waals surface area (Å²) in [5.74, 6) is 0.167. The van der Waals surface area contributed by atoms with Crippen molar-refractivity contribution >= 4 is 29.1 Å². The lowest BCUT2D eigenvalue weighted by Crippen LogP contribution is -2.21. The molecule has 20 heavy (non-hydrogen) atoms. The third kappa shape index (κ3) is 3.12. The predicted octanol–water partition coefficient (Wildman–Crippen LogP) is 4.19. The topological polar surface area (TPSA) is 68.3 Å². The first-order valence-electron chi connectivity index (χ1n) is 5.95. The van der Waals surface area contributed by atoms with Crippen molar-refractivity contribution in [2.45, 2.75) is 13.0 Å². The standard InChI is InChI=1S/C13H12Cl2N2O3/c1-2-16-13(8-3-4-9(14)10(15)7-8)11-5-6-12(20-11)17(18)19/h3-7,13,16H,2H2,1H3. The van der Waals surface area contributed by atoms with Crippen LogP contribution in [0.4, 0.5) is 5.88 Å². The van der Waals surface area contributed by atoms with Crippen molar-refractivity contribution in [1.82, 2.24) is 5.32 Å². The molecule has 0 aliphatic rings. The Balaban J connectivity index is 2.38. The van der Waals surface area contributed by atoms with E-state index in [1.165, 1.54) is 6.07 Å². The maximum absolute atomic E-state index is 10.7. The van der Waals surface area contributed by atoms with Gasteiger partial charge >= 0.3 is 5.88 Å². The average molecular weight is 315 g/mol. The second-order valence-corrected chi connectivity index (χ2v) is 4.91. The van der Waals surface area contributed by atoms with Crippen LogP contribution in [0.15, 0.2) is 34.7 Å². The van der Waals surface area contributed by atoms with Crippen LogP contribution in [-0.2, 0) is 0 Å². The van der Waals surface area contributed by atoms with Crippen molar-refractivity contribution in [1.29, 1.82) is 0 Å². The van der Waals surface area contributed by atoms with Crippen LogP contribution < -0.4 is 5.32 Å². The van der Waals surface area contributed by atoms with Crippen LogP contribution in [0.25, 0.3) is 0 Å². The van der Waals surface area contributed by atoms with Gasteiger partial charge in [0.15, 0.2) is 0 Å². The van der Waals surface area contributed by atoms with Crippen molar-refractivity contribution in [3.8, 4) is 0 Å². The summed E-state index contributed by atoms with van der Waals surface area (Å²) in [7, 11) is 0. The number of nitrogens with zero attached hydrogens (tertiary/aromatic N) is 1. The molecule has 1 heterocycles. The minimum atomic E-state index is -0.568. The summed E-state index contributed by atoms with van der Waals surface area (Å²) in [6.45, 7) is 2.60. The number of halogens is 2. The lowest BCUT2D eigenvalue weighted by atomic mass is 10.0. The van der Waals surface area contributed by atoms with E-state index in [-0.39, 0.29) is 11.9 Å². The van der Waals surface area contributed by atoms with E-state index >= 15 is 0 Å². The van der Waals surface area contributed by atoms with E-state index < -0.39 is 4.92 Å². The minimum Gasteiger partial charge on any atom is -0.404 e. The fraction of sp³-hybridized carbons (Fsp3) is 0.231. The number of nitro groups is 1. The monoisotopic (exact) mass is 314 g/mol. The first-order valence-corrected chi connectivity index (χ1v) is 6.71. The summed E-state index contributed by atoms with van der Waals surface area (Å²) in [5, 5.41) is 14.8. The second kappa shape index (κ2) is 6.26. The zero-order valence-corrected chi connectivity index (χ0v) is 12.1. The van der Waals surface area contributed by atoms with Gasteiger partial charge in [0.25, 0.3) is 0 Å². The van der Waals surface area contributed by atoms with Crippen molar-refractivity contribution in [3.63, 3.8) is 0 Å². The van der Waals surface area contributed by atoms with Gasteiger partial charge in [-0.1, -0.05) is 36.2 Å². The van der Waals surface area contributed by atoms with Crippen LogP contribution in [0.3, 0.4) is 0 Å². The lowest BCUT2D eigenvalue weighted by Gasteiger charge is -2.16. The number of rotatable bonds is 5. The van der Waals surface area contributed by atoms with Crippen LogP contribution in [0.2, 0.25) is 10.0 Å². The molecule has 0 bridgehead atoms. The highest BCUT2D eigenvalue weighted by Crippen LogP contribution is 2.31. The number of hydrogen-bond donors (Lipinski definition) is 1. The normalized spacial score (nSPS) is 12.3. The van der Waals surface area contributed by atoms with Gasteiger partial charge in [-0.05, 0) is 30.3 Å². The highest BCUT2D eigenvalue weighted by Gasteiger charge is 2.21. The molecule has 0 spiro atoms. The molecule has 0 fully saturated rings. The Morgan fingerprint density at radius 2 is 2.05 bits per heavy atom. The SMILES string of the molecule is CCNC(c1ccc(Cl)c(Cl)c1)c1ccc([N+](=O)[O-])o1. The molecule has 1 aromatic carbocycles. The van der Waals surface area contributed by atoms with Gasteiger partial charge < -0.3 is 9.73 Å². The van der Waals surface area contributed by atoms with Crippen LogP contribution in [-0.4, -0.2) is 11.5 Å². The molecule has 106 valence electrons. The molecule has 0 aliphatic carbocycles. The third-order valence-electron chi connectivity index (χ3n) is 2.76. The smallest absolute Gasteiger partial charge is 0.404 e. The summed E-state index contributed by atoms with van der Waals surface area (Å²) >= 11 is 11.9. The van der Waals surface area contributed by atoms with E-state index in [9.17, 15) is 10.1 Å². The Kier molecular flexibility index (Phi) is 4.65. The molecule has 0 amide bonds. The highest BCUT2D eigenvalue weighted by molar-refractivity contribution is 6.42. The Bertz CT molecular complexity index is 628. The van der Waals surface area contributed by atoms with Gasteiger partial charge in [-0.15, -0.1) is 0 Å². The van der Waals surface area contributed by atoms with Gasteiger partial charge in [0.2, 0.25) is 0 Å². The largest absolute Gasteiger partial charge is 0.433 e. The van der Waals surface area contributed by atoms with Crippen molar-refractivity contribution in [3.05, 3.63) is 61.8 Å². The van der Waals surface area contributed by atoms with Crippen LogP contribution in [0, 0.1) is 10.1 Å². The van der Waals surface area contributed by atoms with Crippen LogP contribution >= 0.6 is 23.2 Å². The molecule has 1 N–H and O–H groups in total. The van der Waals surface area contributed by atoms with E-state index in [4.69, 9.17) is 27.6 Å². The minimum absolute atomic E-state index is 0.289. The van der Waals surface area contributed by atoms with Crippen molar-refractivity contribution in [2.75, 3.05) is 6.54 Å². The molecule has 2 aromatic rings. The van der Waals surface area contributed by atoms with E-state index in [1.807, 2.05) is 6.92 Å². The maximum atomic E-state index is 10.7. The Morgan fingerprint density at radius 3 is 2.60 bits per heavy atom. The zero-order chi connectivity index (χ0) is 14.7. The number of nitrogens with one attached hydrogen (secondary N) is 1. The summed E-state index contributed by atoms with van der Waals surface area (Å²) in [6.07, 6.45) is 0. The van der Waals surface area contributed by atoms with Crippen molar-refractivity contribution < 1.29 is 9.34 Å². The summed E-state index contributed by atoms with van der Waals surface area (Å²) in [5.41, 5.74) is 0.825. The predicted molar refractivity (Wildman–Crippen MR) is 77.3 cm³/mol. The van der Waals surface area contributed by atoms with E-state index in [1.54, 1.807) is 24.3 Å². The first kappa shape index (κ1) is 14.8. The molecule has 7 heteroatoms. The molecule has 5 nitrogen and oxygen atoms in total. The highest BCUT2D eigenvalue weighted by atomic mass is 35.5. The molecular formula is C13H12Cl2N2O3. The molecule has 2 rings (SSSR count). The number of hydrogen-bond acceptors (Lipinski definition) is 4. The third-order valence-corrected chi connectivity index (χ3v) is 3.50. The quantitative estimate of drug-likeness (QED) is 0.663. The van der Waals surface area contributed by atoms with E-state index in [2.05, 4.69) is 5.32 Å². The molecule has 1 aromatic heterocycles. The van der Waals surface area contributed by atoms with Gasteiger partial charge in [0, 0.05) is 0 Å². The molecule has 0 aliphatic heterocycles. The van der Waals surface area contributed by atoms with E-state index in [0.717, 1.165) is 5.56 Å². The van der Waals surface area contributed by atoms with Crippen molar-refractivity contribution in [2.24, 2.45) is 0 Å². The Hall–Kier alpha value is -1.56. The zero-order valence-electron chi connectivity index (χ0n) is 10.6. The molecule has 0 saturated heterocycles. The summed E-state index contributed by atoms with van der Waals surface area (Å²) < 4.78 is 5.25. The van der Waals surface area contributed by atoms with Gasteiger partial charge in [-0.3, -0.25) is 10.1 Å². The van der Waals surface area contributed by atoms with E-state index in [0.29, 0.717) is 22.4 Å². The van der Waals surface area contributed by atoms with Gasteiger partial charge in [-0.25, -0.2) is 0 Å². The van der Waals surface area contributed by atoms with Crippen LogP contribution in [0.1, 0.15) is 24.3 Å². The van der Waals surface area contributed by atoms with Crippen LogP contribution in [0.5, 0.6) is 0 Å². The molecule has 1 atom stereocenters. The molecule has 0 saturated carbocycles. The summed E-state index contributed by atoms with van der Waals surface area (Å²) in [6, 6.07) is 7.79. The van der Waals surface area contributed by atoms with Gasteiger partial charge in [0.05, 0.1) is 22.2 Å². The second-order valence-electron chi connectivity index (χ2n) is 4.10. The first-order chi connectivity index (χ1) is 9.52.